The average molecular weight is 601 g/mol. The summed E-state index contributed by atoms with van der Waals surface area (Å²) in [4.78, 5) is 13.7. The summed E-state index contributed by atoms with van der Waals surface area (Å²) in [6.07, 6.45) is 8.62. The van der Waals surface area contributed by atoms with Crippen molar-refractivity contribution in [1.29, 1.82) is 0 Å². The van der Waals surface area contributed by atoms with Crippen LogP contribution in [0.1, 0.15) is 50.8 Å². The monoisotopic (exact) mass is 599 g/mol. The van der Waals surface area contributed by atoms with E-state index in [1.54, 1.807) is 6.07 Å². The summed E-state index contributed by atoms with van der Waals surface area (Å²) in [5, 5.41) is 1.06. The number of aromatic nitrogens is 3. The molecule has 39 heavy (non-hydrogen) atoms. The first-order valence-corrected chi connectivity index (χ1v) is 15.8. The maximum Gasteiger partial charge on any atom is 0.211 e. The van der Waals surface area contributed by atoms with Crippen LogP contribution in [0.15, 0.2) is 70.8 Å². The summed E-state index contributed by atoms with van der Waals surface area (Å²) in [6, 6.07) is 14.3. The van der Waals surface area contributed by atoms with Crippen molar-refractivity contribution in [3.05, 3.63) is 82.2 Å². The third-order valence-corrected chi connectivity index (χ3v) is 11.4. The Bertz CT molecular complexity index is 1560. The lowest BCUT2D eigenvalue weighted by atomic mass is 9.73. The lowest BCUT2D eigenvalue weighted by molar-refractivity contribution is 0.177. The molecule has 1 aliphatic heterocycles. The van der Waals surface area contributed by atoms with E-state index in [2.05, 4.69) is 43.3 Å². The van der Waals surface area contributed by atoms with Gasteiger partial charge in [-0.3, -0.25) is 4.40 Å². The van der Waals surface area contributed by atoms with E-state index >= 15 is 0 Å². The minimum Gasteiger partial charge on any atom is -0.342 e. The van der Waals surface area contributed by atoms with Crippen molar-refractivity contribution >= 4 is 57.5 Å². The summed E-state index contributed by atoms with van der Waals surface area (Å²) < 4.78 is 18.5. The minimum absolute atomic E-state index is 0.0221. The molecule has 0 radical (unpaired) electrons. The average Bonchev–Trinajstić information content (AvgIpc) is 3.51. The van der Waals surface area contributed by atoms with Crippen LogP contribution >= 0.6 is 35.0 Å². The topological polar surface area (TPSA) is 62.5 Å². The Morgan fingerprint density at radius 3 is 2.59 bits per heavy atom. The van der Waals surface area contributed by atoms with Crippen LogP contribution in [0.4, 0.5) is 5.95 Å². The van der Waals surface area contributed by atoms with Crippen molar-refractivity contribution in [2.24, 2.45) is 5.41 Å². The molecule has 204 valence electrons. The van der Waals surface area contributed by atoms with E-state index in [4.69, 9.17) is 28.2 Å². The van der Waals surface area contributed by atoms with Crippen LogP contribution < -0.4 is 9.62 Å². The van der Waals surface area contributed by atoms with Gasteiger partial charge in [-0.05, 0) is 68.7 Å². The fraction of sp³-hybridized carbons (Fsp3) is 0.379. The summed E-state index contributed by atoms with van der Waals surface area (Å²) in [5.41, 5.74) is 3.52. The Kier molecular flexibility index (Phi) is 7.21. The normalized spacial score (nSPS) is 19.5. The molecule has 0 bridgehead atoms. The quantitative estimate of drug-likeness (QED) is 0.264. The lowest BCUT2D eigenvalue weighted by Crippen LogP contribution is -2.48. The van der Waals surface area contributed by atoms with Crippen LogP contribution in [0.5, 0.6) is 0 Å². The first-order valence-electron chi connectivity index (χ1n) is 13.1. The number of hydrogen-bond donors (Lipinski definition) is 1. The number of benzene rings is 2. The molecule has 6 rings (SSSR count). The van der Waals surface area contributed by atoms with Crippen LogP contribution in [-0.4, -0.2) is 36.4 Å². The molecule has 2 aliphatic rings. The zero-order valence-electron chi connectivity index (χ0n) is 22.2. The predicted molar refractivity (Wildman–Crippen MR) is 161 cm³/mol. The van der Waals surface area contributed by atoms with E-state index in [1.807, 2.05) is 51.5 Å². The van der Waals surface area contributed by atoms with Gasteiger partial charge in [0.1, 0.15) is 0 Å². The van der Waals surface area contributed by atoms with Gasteiger partial charge in [-0.15, -0.1) is 0 Å². The number of imidazole rings is 1. The molecule has 2 aromatic heterocycles. The molecule has 6 nitrogen and oxygen atoms in total. The van der Waals surface area contributed by atoms with Crippen LogP contribution in [-0.2, 0) is 17.4 Å². The molecule has 0 saturated carbocycles. The third-order valence-electron chi connectivity index (χ3n) is 7.85. The van der Waals surface area contributed by atoms with Gasteiger partial charge < -0.3 is 4.90 Å². The Morgan fingerprint density at radius 1 is 1.05 bits per heavy atom. The molecule has 2 atom stereocenters. The van der Waals surface area contributed by atoms with Gasteiger partial charge in [0.25, 0.3) is 0 Å². The third kappa shape index (κ3) is 4.99. The van der Waals surface area contributed by atoms with Gasteiger partial charge in [0, 0.05) is 36.6 Å². The Morgan fingerprint density at radius 2 is 1.82 bits per heavy atom. The second-order valence-electron chi connectivity index (χ2n) is 11.4. The number of anilines is 1. The van der Waals surface area contributed by atoms with E-state index in [0.29, 0.717) is 10.0 Å². The number of fused-ring (bicyclic) bond motifs is 2. The SMILES string of the molecule is CC(C)(C)[S@@](=O)N[C@@H]1c2ccccc2CC12CCN(c1ncc(Sc3cccc(Cl)c3Cl)c3nccn13)CC2. The van der Waals surface area contributed by atoms with E-state index in [0.717, 1.165) is 53.7 Å². The highest BCUT2D eigenvalue weighted by Crippen LogP contribution is 2.52. The van der Waals surface area contributed by atoms with Crippen LogP contribution in [0.25, 0.3) is 5.65 Å². The van der Waals surface area contributed by atoms with E-state index in [9.17, 15) is 4.21 Å². The Labute approximate surface area is 246 Å². The highest BCUT2D eigenvalue weighted by molar-refractivity contribution is 7.99. The molecule has 1 fully saturated rings. The van der Waals surface area contributed by atoms with Gasteiger partial charge in [-0.25, -0.2) is 18.9 Å². The molecule has 1 saturated heterocycles. The van der Waals surface area contributed by atoms with Crippen LogP contribution in [0, 0.1) is 5.41 Å². The Hall–Kier alpha value is -2.10. The van der Waals surface area contributed by atoms with E-state index in [1.165, 1.54) is 22.9 Å². The van der Waals surface area contributed by atoms with Gasteiger partial charge in [-0.1, -0.05) is 65.3 Å². The number of nitrogens with zero attached hydrogens (tertiary/aromatic N) is 4. The number of hydrogen-bond acceptors (Lipinski definition) is 5. The highest BCUT2D eigenvalue weighted by Gasteiger charge is 2.49. The first-order chi connectivity index (χ1) is 18.7. The second-order valence-corrected chi connectivity index (χ2v) is 15.2. The fourth-order valence-electron chi connectivity index (χ4n) is 5.75. The van der Waals surface area contributed by atoms with Crippen LogP contribution in [0.2, 0.25) is 10.0 Å². The van der Waals surface area contributed by atoms with Crippen molar-refractivity contribution in [2.75, 3.05) is 18.0 Å². The lowest BCUT2D eigenvalue weighted by Gasteiger charge is -2.44. The molecular formula is C29H31Cl2N5OS2. The van der Waals surface area contributed by atoms with E-state index in [-0.39, 0.29) is 16.2 Å². The van der Waals surface area contributed by atoms with Crippen molar-refractivity contribution in [3.63, 3.8) is 0 Å². The first kappa shape index (κ1) is 27.1. The van der Waals surface area contributed by atoms with Crippen molar-refractivity contribution < 1.29 is 4.21 Å². The molecule has 4 aromatic rings. The highest BCUT2D eigenvalue weighted by atomic mass is 35.5. The van der Waals surface area contributed by atoms with Crippen molar-refractivity contribution in [3.8, 4) is 0 Å². The molecule has 1 aliphatic carbocycles. The fourth-order valence-corrected chi connectivity index (χ4v) is 8.10. The van der Waals surface area contributed by atoms with Gasteiger partial charge in [0.15, 0.2) is 5.65 Å². The Balaban J connectivity index is 1.25. The second kappa shape index (κ2) is 10.4. The van der Waals surface area contributed by atoms with Gasteiger partial charge in [0.05, 0.1) is 36.7 Å². The summed E-state index contributed by atoms with van der Waals surface area (Å²) >= 11 is 14.2. The predicted octanol–water partition coefficient (Wildman–Crippen LogP) is 7.12. The molecule has 10 heteroatoms. The maximum absolute atomic E-state index is 13.2. The van der Waals surface area contributed by atoms with Crippen LogP contribution in [0.3, 0.4) is 0 Å². The van der Waals surface area contributed by atoms with Gasteiger partial charge in [0.2, 0.25) is 5.95 Å². The zero-order valence-corrected chi connectivity index (χ0v) is 25.3. The van der Waals surface area contributed by atoms with Crippen molar-refractivity contribution in [1.82, 2.24) is 19.1 Å². The van der Waals surface area contributed by atoms with E-state index < -0.39 is 11.0 Å². The van der Waals surface area contributed by atoms with Gasteiger partial charge >= 0.3 is 0 Å². The molecular weight excluding hydrogens is 569 g/mol. The number of rotatable bonds is 5. The molecule has 0 unspecified atom stereocenters. The maximum atomic E-state index is 13.2. The zero-order chi connectivity index (χ0) is 27.4. The number of nitrogens with one attached hydrogen (secondary N) is 1. The largest absolute Gasteiger partial charge is 0.342 e. The molecule has 3 heterocycles. The minimum atomic E-state index is -1.15. The molecule has 0 amide bonds. The molecule has 2 aromatic carbocycles. The molecule has 1 N–H and O–H groups in total. The van der Waals surface area contributed by atoms with Crippen molar-refractivity contribution in [2.45, 2.75) is 60.6 Å². The number of halogens is 2. The summed E-state index contributed by atoms with van der Waals surface area (Å²) in [5.74, 6) is 0.886. The van der Waals surface area contributed by atoms with Gasteiger partial charge in [-0.2, -0.15) is 0 Å². The molecule has 1 spiro atoms. The standard InChI is InChI=1S/C29H31Cl2N5OS2/c1-28(2,3)39(37)34-25-20-8-5-4-7-19(20)17-29(25)11-14-35(15-12-29)27-33-18-23(26-32-13-16-36(26)27)38-22-10-6-9-21(30)24(22)31/h4-10,13,16,18,25,34H,11-12,14-15,17H2,1-3H3/t25-,39-/m1/s1. The number of piperidine rings is 1. The smallest absolute Gasteiger partial charge is 0.211 e. The summed E-state index contributed by atoms with van der Waals surface area (Å²) in [7, 11) is -1.15. The summed E-state index contributed by atoms with van der Waals surface area (Å²) in [6.45, 7) is 7.80.